The summed E-state index contributed by atoms with van der Waals surface area (Å²) in [5.74, 6) is -0.0486. The van der Waals surface area contributed by atoms with Crippen LogP contribution in [-0.2, 0) is 14.3 Å². The Morgan fingerprint density at radius 2 is 2.14 bits per heavy atom. The lowest BCUT2D eigenvalue weighted by molar-refractivity contribution is -0.146. The van der Waals surface area contributed by atoms with Gasteiger partial charge < -0.3 is 14.6 Å². The van der Waals surface area contributed by atoms with Gasteiger partial charge in [0.25, 0.3) is 0 Å². The normalized spacial score (nSPS) is 21.8. The van der Waals surface area contributed by atoms with Gasteiger partial charge in [0, 0.05) is 26.2 Å². The van der Waals surface area contributed by atoms with Crippen LogP contribution in [-0.4, -0.2) is 54.9 Å². The number of carbonyl (C=O) groups excluding carboxylic acids is 1. The SMILES string of the molecule is CCCCCCCC(=O)N1N=CC[C@H](OCOC)[C@H]1CO. The molecule has 0 unspecified atom stereocenters. The third-order valence-electron chi connectivity index (χ3n) is 3.62. The third kappa shape index (κ3) is 6.11. The summed E-state index contributed by atoms with van der Waals surface area (Å²) in [5.41, 5.74) is 0. The van der Waals surface area contributed by atoms with Gasteiger partial charge in [-0.05, 0) is 6.42 Å². The van der Waals surface area contributed by atoms with E-state index in [1.54, 1.807) is 13.3 Å². The number of aliphatic hydroxyl groups is 1. The zero-order chi connectivity index (χ0) is 15.5. The second kappa shape index (κ2) is 10.7. The van der Waals surface area contributed by atoms with Crippen LogP contribution in [0.3, 0.4) is 0 Å². The lowest BCUT2D eigenvalue weighted by atomic mass is 10.1. The van der Waals surface area contributed by atoms with Gasteiger partial charge in [0.1, 0.15) is 12.8 Å². The molecule has 1 N–H and O–H groups in total. The third-order valence-corrected chi connectivity index (χ3v) is 3.62. The van der Waals surface area contributed by atoms with Crippen LogP contribution in [0.4, 0.5) is 0 Å². The Labute approximate surface area is 127 Å². The smallest absolute Gasteiger partial charge is 0.243 e. The van der Waals surface area contributed by atoms with Crippen LogP contribution < -0.4 is 0 Å². The molecule has 1 aliphatic rings. The maximum atomic E-state index is 12.2. The summed E-state index contributed by atoms with van der Waals surface area (Å²) in [6, 6.07) is -0.423. The highest BCUT2D eigenvalue weighted by Crippen LogP contribution is 2.18. The van der Waals surface area contributed by atoms with Gasteiger partial charge in [0.15, 0.2) is 0 Å². The number of ether oxygens (including phenoxy) is 2. The van der Waals surface area contributed by atoms with Crippen LogP contribution >= 0.6 is 0 Å². The molecule has 2 atom stereocenters. The Morgan fingerprint density at radius 1 is 1.38 bits per heavy atom. The van der Waals surface area contributed by atoms with E-state index in [0.717, 1.165) is 19.3 Å². The molecule has 21 heavy (non-hydrogen) atoms. The number of nitrogens with zero attached hydrogens (tertiary/aromatic N) is 2. The highest BCUT2D eigenvalue weighted by atomic mass is 16.7. The van der Waals surface area contributed by atoms with Crippen molar-refractivity contribution in [1.82, 2.24) is 5.01 Å². The van der Waals surface area contributed by atoms with Crippen LogP contribution in [0, 0.1) is 0 Å². The van der Waals surface area contributed by atoms with Crippen molar-refractivity contribution < 1.29 is 19.4 Å². The number of hydrogen-bond acceptors (Lipinski definition) is 5. The van der Waals surface area contributed by atoms with Crippen molar-refractivity contribution in [2.24, 2.45) is 5.10 Å². The molecule has 122 valence electrons. The first kappa shape index (κ1) is 18.1. The molecule has 0 spiro atoms. The molecule has 6 heteroatoms. The summed E-state index contributed by atoms with van der Waals surface area (Å²) >= 11 is 0. The first-order valence-electron chi connectivity index (χ1n) is 7.80. The van der Waals surface area contributed by atoms with E-state index in [4.69, 9.17) is 9.47 Å². The van der Waals surface area contributed by atoms with Crippen LogP contribution in [0.15, 0.2) is 5.10 Å². The first-order valence-corrected chi connectivity index (χ1v) is 7.80. The van der Waals surface area contributed by atoms with E-state index < -0.39 is 6.04 Å². The molecular formula is C15H28N2O4. The number of amides is 1. The summed E-state index contributed by atoms with van der Waals surface area (Å²) in [6.07, 6.45) is 7.94. The topological polar surface area (TPSA) is 71.4 Å². The van der Waals surface area contributed by atoms with Gasteiger partial charge in [0.05, 0.1) is 12.7 Å². The Balaban J connectivity index is 2.44. The Morgan fingerprint density at radius 3 is 2.81 bits per heavy atom. The van der Waals surface area contributed by atoms with Gasteiger partial charge in [-0.15, -0.1) is 0 Å². The number of rotatable bonds is 10. The molecule has 1 rings (SSSR count). The molecular weight excluding hydrogens is 272 g/mol. The van der Waals surface area contributed by atoms with Gasteiger partial charge in [0.2, 0.25) is 5.91 Å². The summed E-state index contributed by atoms with van der Waals surface area (Å²) in [7, 11) is 1.55. The minimum atomic E-state index is -0.423. The van der Waals surface area contributed by atoms with E-state index in [-0.39, 0.29) is 25.4 Å². The van der Waals surface area contributed by atoms with Crippen molar-refractivity contribution in [2.45, 2.75) is 64.0 Å². The number of carbonyl (C=O) groups is 1. The summed E-state index contributed by atoms with van der Waals surface area (Å²) in [6.45, 7) is 2.15. The van der Waals surface area contributed by atoms with Crippen LogP contribution in [0.5, 0.6) is 0 Å². The van der Waals surface area contributed by atoms with Crippen molar-refractivity contribution in [3.63, 3.8) is 0 Å². The lowest BCUT2D eigenvalue weighted by Gasteiger charge is -2.34. The Hall–Kier alpha value is -0.980. The minimum absolute atomic E-state index is 0.0486. The molecule has 0 saturated carbocycles. The molecule has 0 saturated heterocycles. The van der Waals surface area contributed by atoms with Gasteiger partial charge in [-0.1, -0.05) is 32.6 Å². The van der Waals surface area contributed by atoms with Gasteiger partial charge >= 0.3 is 0 Å². The summed E-state index contributed by atoms with van der Waals surface area (Å²) in [4.78, 5) is 12.2. The molecule has 1 aliphatic heterocycles. The van der Waals surface area contributed by atoms with E-state index in [0.29, 0.717) is 12.8 Å². The number of methoxy groups -OCH3 is 1. The van der Waals surface area contributed by atoms with Gasteiger partial charge in [-0.25, -0.2) is 5.01 Å². The molecule has 0 aromatic rings. The average Bonchev–Trinajstić information content (AvgIpc) is 2.51. The van der Waals surface area contributed by atoms with E-state index in [2.05, 4.69) is 12.0 Å². The number of hydrazone groups is 1. The van der Waals surface area contributed by atoms with E-state index in [1.165, 1.54) is 17.9 Å². The Bertz CT molecular complexity index is 323. The second-order valence-corrected chi connectivity index (χ2v) is 5.30. The van der Waals surface area contributed by atoms with E-state index in [1.807, 2.05) is 0 Å². The quantitative estimate of drug-likeness (QED) is 0.494. The highest BCUT2D eigenvalue weighted by molar-refractivity contribution is 5.78. The molecule has 0 aromatic carbocycles. The van der Waals surface area contributed by atoms with Crippen molar-refractivity contribution in [3.05, 3.63) is 0 Å². The zero-order valence-corrected chi connectivity index (χ0v) is 13.2. The van der Waals surface area contributed by atoms with Crippen LogP contribution in [0.2, 0.25) is 0 Å². The molecule has 0 aromatic heterocycles. The predicted octanol–water partition coefficient (Wildman–Crippen LogP) is 1.91. The molecule has 0 radical (unpaired) electrons. The number of aliphatic hydroxyl groups excluding tert-OH is 1. The number of unbranched alkanes of at least 4 members (excludes halogenated alkanes) is 4. The monoisotopic (exact) mass is 300 g/mol. The maximum Gasteiger partial charge on any atom is 0.243 e. The van der Waals surface area contributed by atoms with Crippen molar-refractivity contribution in [1.29, 1.82) is 0 Å². The van der Waals surface area contributed by atoms with Gasteiger partial charge in [-0.3, -0.25) is 4.79 Å². The van der Waals surface area contributed by atoms with Crippen molar-refractivity contribution >= 4 is 12.1 Å². The minimum Gasteiger partial charge on any atom is -0.394 e. The van der Waals surface area contributed by atoms with Crippen molar-refractivity contribution in [2.75, 3.05) is 20.5 Å². The molecule has 1 heterocycles. The maximum absolute atomic E-state index is 12.2. The molecule has 1 amide bonds. The van der Waals surface area contributed by atoms with Gasteiger partial charge in [-0.2, -0.15) is 5.10 Å². The fraction of sp³-hybridized carbons (Fsp3) is 0.867. The van der Waals surface area contributed by atoms with Crippen LogP contribution in [0.25, 0.3) is 0 Å². The highest BCUT2D eigenvalue weighted by Gasteiger charge is 2.33. The van der Waals surface area contributed by atoms with Crippen molar-refractivity contribution in [3.8, 4) is 0 Å². The van der Waals surface area contributed by atoms with E-state index >= 15 is 0 Å². The standard InChI is InChI=1S/C15H28N2O4/c1-3-4-5-6-7-8-15(19)17-13(11-18)14(9-10-16-17)21-12-20-2/h10,13-14,18H,3-9,11-12H2,1-2H3/t13-,14+/m1/s1. The largest absolute Gasteiger partial charge is 0.394 e. The predicted molar refractivity (Wildman–Crippen MR) is 81.0 cm³/mol. The molecule has 6 nitrogen and oxygen atoms in total. The fourth-order valence-corrected chi connectivity index (χ4v) is 2.41. The number of hydrogen-bond donors (Lipinski definition) is 1. The Kier molecular flexibility index (Phi) is 9.21. The molecule has 0 fully saturated rings. The lowest BCUT2D eigenvalue weighted by Crippen LogP contribution is -2.50. The van der Waals surface area contributed by atoms with E-state index in [9.17, 15) is 9.90 Å². The summed E-state index contributed by atoms with van der Waals surface area (Å²) in [5, 5.41) is 15.0. The summed E-state index contributed by atoms with van der Waals surface area (Å²) < 4.78 is 10.4. The average molecular weight is 300 g/mol. The second-order valence-electron chi connectivity index (χ2n) is 5.30. The zero-order valence-electron chi connectivity index (χ0n) is 13.2. The molecule has 0 bridgehead atoms. The fourth-order valence-electron chi connectivity index (χ4n) is 2.41. The van der Waals surface area contributed by atoms with Crippen LogP contribution in [0.1, 0.15) is 51.9 Å². The first-order chi connectivity index (χ1) is 10.2. The molecule has 0 aliphatic carbocycles.